The first-order chi connectivity index (χ1) is 16.4. The minimum absolute atomic E-state index is 0.00516. The van der Waals surface area contributed by atoms with Gasteiger partial charge in [0.15, 0.2) is 11.6 Å². The SMILES string of the molecule is CN(C)CCOc1ccnc(-c2nc3c(c(N(C)CC(=O)Cc4cccc(F)c4)n2)CCC3)c1. The van der Waals surface area contributed by atoms with Crippen molar-refractivity contribution < 1.29 is 13.9 Å². The van der Waals surface area contributed by atoms with Crippen molar-refractivity contribution in [2.24, 2.45) is 0 Å². The fourth-order valence-electron chi connectivity index (χ4n) is 4.08. The highest BCUT2D eigenvalue weighted by molar-refractivity contribution is 5.85. The Kier molecular flexibility index (Phi) is 7.47. The van der Waals surface area contributed by atoms with Gasteiger partial charge in [-0.2, -0.15) is 0 Å². The van der Waals surface area contributed by atoms with Crippen LogP contribution in [0.3, 0.4) is 0 Å². The number of ether oxygens (including phenoxy) is 1. The molecule has 0 atom stereocenters. The van der Waals surface area contributed by atoms with Crippen LogP contribution in [0.25, 0.3) is 11.5 Å². The summed E-state index contributed by atoms with van der Waals surface area (Å²) in [5.74, 6) is 1.66. The number of ketones is 1. The molecule has 0 radical (unpaired) electrons. The summed E-state index contributed by atoms with van der Waals surface area (Å²) in [4.78, 5) is 30.7. The van der Waals surface area contributed by atoms with Crippen LogP contribution >= 0.6 is 0 Å². The molecule has 3 aromatic rings. The second-order valence-electron chi connectivity index (χ2n) is 8.88. The van der Waals surface area contributed by atoms with Crippen molar-refractivity contribution in [3.05, 3.63) is 65.2 Å². The number of aryl methyl sites for hydroxylation is 1. The highest BCUT2D eigenvalue weighted by Gasteiger charge is 2.23. The minimum atomic E-state index is -0.336. The third-order valence-corrected chi connectivity index (χ3v) is 5.74. The molecule has 178 valence electrons. The van der Waals surface area contributed by atoms with Crippen molar-refractivity contribution in [2.45, 2.75) is 25.7 Å². The molecule has 34 heavy (non-hydrogen) atoms. The molecule has 0 spiro atoms. The number of pyridine rings is 1. The highest BCUT2D eigenvalue weighted by atomic mass is 19.1. The van der Waals surface area contributed by atoms with E-state index in [-0.39, 0.29) is 24.6 Å². The molecule has 1 aliphatic rings. The molecule has 4 rings (SSSR count). The number of carbonyl (C=O) groups excluding carboxylic acids is 1. The lowest BCUT2D eigenvalue weighted by atomic mass is 10.1. The molecule has 1 aliphatic carbocycles. The molecule has 0 saturated carbocycles. The second kappa shape index (κ2) is 10.7. The van der Waals surface area contributed by atoms with Crippen molar-refractivity contribution in [1.29, 1.82) is 0 Å². The number of likely N-dealkylation sites (N-methyl/N-ethyl adjacent to an activating group) is 2. The Morgan fingerprint density at radius 2 is 1.97 bits per heavy atom. The van der Waals surface area contributed by atoms with E-state index in [0.29, 0.717) is 23.7 Å². The molecular formula is C26H30FN5O2. The van der Waals surface area contributed by atoms with Crippen LogP contribution in [0, 0.1) is 5.82 Å². The summed E-state index contributed by atoms with van der Waals surface area (Å²) >= 11 is 0. The second-order valence-corrected chi connectivity index (χ2v) is 8.88. The first-order valence-corrected chi connectivity index (χ1v) is 11.5. The van der Waals surface area contributed by atoms with Crippen LogP contribution in [0.2, 0.25) is 0 Å². The van der Waals surface area contributed by atoms with Crippen LogP contribution in [0.15, 0.2) is 42.6 Å². The monoisotopic (exact) mass is 463 g/mol. The highest BCUT2D eigenvalue weighted by Crippen LogP contribution is 2.31. The van der Waals surface area contributed by atoms with E-state index < -0.39 is 0 Å². The van der Waals surface area contributed by atoms with Crippen molar-refractivity contribution in [1.82, 2.24) is 19.9 Å². The van der Waals surface area contributed by atoms with Gasteiger partial charge in [0.25, 0.3) is 0 Å². The summed E-state index contributed by atoms with van der Waals surface area (Å²) in [7, 11) is 5.86. The Balaban J connectivity index is 1.53. The summed E-state index contributed by atoms with van der Waals surface area (Å²) in [6.07, 6.45) is 4.64. The maximum Gasteiger partial charge on any atom is 0.180 e. The maximum absolute atomic E-state index is 13.5. The average molecular weight is 464 g/mol. The van der Waals surface area contributed by atoms with E-state index in [1.807, 2.05) is 38.2 Å². The topological polar surface area (TPSA) is 71.5 Å². The van der Waals surface area contributed by atoms with Gasteiger partial charge in [0, 0.05) is 43.5 Å². The Bertz CT molecular complexity index is 1170. The molecule has 2 heterocycles. The van der Waals surface area contributed by atoms with Gasteiger partial charge in [-0.1, -0.05) is 12.1 Å². The Morgan fingerprint density at radius 3 is 2.76 bits per heavy atom. The number of anilines is 1. The minimum Gasteiger partial charge on any atom is -0.492 e. The van der Waals surface area contributed by atoms with Gasteiger partial charge in [-0.05, 0) is 57.1 Å². The number of halogens is 1. The summed E-state index contributed by atoms with van der Waals surface area (Å²) in [5, 5.41) is 0. The zero-order valence-corrected chi connectivity index (χ0v) is 19.9. The predicted molar refractivity (Wildman–Crippen MR) is 130 cm³/mol. The van der Waals surface area contributed by atoms with Crippen LogP contribution in [0.1, 0.15) is 23.2 Å². The van der Waals surface area contributed by atoms with Gasteiger partial charge >= 0.3 is 0 Å². The number of Topliss-reactive ketones (excluding diaryl/α,β-unsaturated/α-hetero) is 1. The van der Waals surface area contributed by atoms with Crippen LogP contribution in [-0.4, -0.2) is 66.5 Å². The van der Waals surface area contributed by atoms with Crippen molar-refractivity contribution in [3.63, 3.8) is 0 Å². The predicted octanol–water partition coefficient (Wildman–Crippen LogP) is 3.35. The molecule has 0 N–H and O–H groups in total. The number of benzene rings is 1. The van der Waals surface area contributed by atoms with E-state index >= 15 is 0 Å². The molecule has 8 heteroatoms. The number of fused-ring (bicyclic) bond motifs is 1. The van der Waals surface area contributed by atoms with Crippen molar-refractivity contribution >= 4 is 11.6 Å². The standard InChI is InChI=1S/C26H30FN5O2/c1-31(2)12-13-34-21-10-11-28-24(16-21)25-29-23-9-5-8-22(23)26(30-25)32(3)17-20(33)15-18-6-4-7-19(27)14-18/h4,6-7,10-11,14,16H,5,8-9,12-13,15,17H2,1-3H3. The Morgan fingerprint density at radius 1 is 1.12 bits per heavy atom. The fourth-order valence-corrected chi connectivity index (χ4v) is 4.08. The number of nitrogens with zero attached hydrogens (tertiary/aromatic N) is 5. The third kappa shape index (κ3) is 5.94. The zero-order chi connectivity index (χ0) is 24.1. The molecule has 0 aliphatic heterocycles. The molecule has 0 unspecified atom stereocenters. The van der Waals surface area contributed by atoms with Gasteiger partial charge in [-0.25, -0.2) is 14.4 Å². The Labute approximate surface area is 199 Å². The van der Waals surface area contributed by atoms with Gasteiger partial charge in [-0.15, -0.1) is 0 Å². The van der Waals surface area contributed by atoms with Crippen LogP contribution < -0.4 is 9.64 Å². The smallest absolute Gasteiger partial charge is 0.180 e. The van der Waals surface area contributed by atoms with Crippen molar-refractivity contribution in [3.8, 4) is 17.3 Å². The molecule has 0 amide bonds. The van der Waals surface area contributed by atoms with E-state index in [0.717, 1.165) is 48.6 Å². The molecule has 7 nitrogen and oxygen atoms in total. The molecule has 1 aromatic carbocycles. The van der Waals surface area contributed by atoms with E-state index in [4.69, 9.17) is 14.7 Å². The lowest BCUT2D eigenvalue weighted by Crippen LogP contribution is -2.28. The molecule has 2 aromatic heterocycles. The van der Waals surface area contributed by atoms with Gasteiger partial charge in [0.2, 0.25) is 0 Å². The van der Waals surface area contributed by atoms with E-state index in [9.17, 15) is 9.18 Å². The fraction of sp³-hybridized carbons (Fsp3) is 0.385. The zero-order valence-electron chi connectivity index (χ0n) is 19.9. The summed E-state index contributed by atoms with van der Waals surface area (Å²) in [6, 6.07) is 9.84. The van der Waals surface area contributed by atoms with E-state index in [1.165, 1.54) is 12.1 Å². The molecule has 0 saturated heterocycles. The summed E-state index contributed by atoms with van der Waals surface area (Å²) < 4.78 is 19.3. The van der Waals surface area contributed by atoms with Gasteiger partial charge in [0.05, 0.1) is 6.54 Å². The average Bonchev–Trinajstić information content (AvgIpc) is 3.27. The quantitative estimate of drug-likeness (QED) is 0.457. The summed E-state index contributed by atoms with van der Waals surface area (Å²) in [6.45, 7) is 1.56. The maximum atomic E-state index is 13.5. The first-order valence-electron chi connectivity index (χ1n) is 11.5. The Hall–Kier alpha value is -3.39. The largest absolute Gasteiger partial charge is 0.492 e. The number of carbonyl (C=O) groups is 1. The molecule has 0 bridgehead atoms. The van der Waals surface area contributed by atoms with Crippen LogP contribution in [0.4, 0.5) is 10.2 Å². The van der Waals surface area contributed by atoms with Crippen LogP contribution in [-0.2, 0) is 24.1 Å². The van der Waals surface area contributed by atoms with Crippen molar-refractivity contribution in [2.75, 3.05) is 45.7 Å². The lowest BCUT2D eigenvalue weighted by molar-refractivity contribution is -0.117. The third-order valence-electron chi connectivity index (χ3n) is 5.74. The number of hydrogen-bond donors (Lipinski definition) is 0. The number of rotatable bonds is 10. The number of hydrogen-bond acceptors (Lipinski definition) is 7. The normalized spacial score (nSPS) is 12.6. The lowest BCUT2D eigenvalue weighted by Gasteiger charge is -2.21. The van der Waals surface area contributed by atoms with Crippen LogP contribution in [0.5, 0.6) is 5.75 Å². The van der Waals surface area contributed by atoms with Gasteiger partial charge < -0.3 is 14.5 Å². The first kappa shape index (κ1) is 23.8. The van der Waals surface area contributed by atoms with Gasteiger partial charge in [0.1, 0.15) is 29.7 Å². The number of aromatic nitrogens is 3. The molecular weight excluding hydrogens is 433 g/mol. The van der Waals surface area contributed by atoms with E-state index in [1.54, 1.807) is 18.3 Å². The molecule has 0 fully saturated rings. The van der Waals surface area contributed by atoms with Gasteiger partial charge in [-0.3, -0.25) is 9.78 Å². The van der Waals surface area contributed by atoms with E-state index in [2.05, 4.69) is 9.88 Å². The summed E-state index contributed by atoms with van der Waals surface area (Å²) in [5.41, 5.74) is 3.40.